The standard InChI is InChI=1S/C28H41N5O6/c1-18(2)15-22(30-26(35)20-5-7-21(8-6-20)31-11-13-38-14-12-31)27(36)32-10-9-23-25(32)24(34)17-33(23)39-28(37)29-16-19(3)4/h5-8,18-19,22-23,25H,9-17H2,1-4H3,(H,29,37)(H,30,35). The van der Waals surface area contributed by atoms with Gasteiger partial charge in [0.25, 0.3) is 5.91 Å². The van der Waals surface area contributed by atoms with Crippen molar-refractivity contribution in [3.05, 3.63) is 29.8 Å². The molecule has 3 fully saturated rings. The predicted octanol–water partition coefficient (Wildman–Crippen LogP) is 1.82. The number of hydrogen-bond donors (Lipinski definition) is 2. The molecule has 2 N–H and O–H groups in total. The summed E-state index contributed by atoms with van der Waals surface area (Å²) in [6.07, 6.45) is 0.341. The Hall–Kier alpha value is -3.18. The van der Waals surface area contributed by atoms with Crippen LogP contribution in [0, 0.1) is 11.8 Å². The SMILES string of the molecule is CC(C)CNC(=O)ON1CC(=O)C2C1CCN2C(=O)C(CC(C)C)NC(=O)c1ccc(N2CCOCC2)cc1. The number of anilines is 1. The van der Waals surface area contributed by atoms with E-state index in [9.17, 15) is 19.2 Å². The van der Waals surface area contributed by atoms with E-state index in [4.69, 9.17) is 9.57 Å². The number of carbonyl (C=O) groups is 4. The van der Waals surface area contributed by atoms with Crippen molar-refractivity contribution in [1.82, 2.24) is 20.6 Å². The maximum Gasteiger partial charge on any atom is 0.426 e. The highest BCUT2D eigenvalue weighted by Crippen LogP contribution is 2.31. The van der Waals surface area contributed by atoms with Gasteiger partial charge in [-0.05, 0) is 48.9 Å². The second kappa shape index (κ2) is 12.8. The van der Waals surface area contributed by atoms with E-state index in [2.05, 4.69) is 15.5 Å². The van der Waals surface area contributed by atoms with Crippen LogP contribution in [0.25, 0.3) is 0 Å². The van der Waals surface area contributed by atoms with Gasteiger partial charge in [0.1, 0.15) is 12.1 Å². The van der Waals surface area contributed by atoms with Crippen molar-refractivity contribution in [2.45, 2.75) is 58.7 Å². The van der Waals surface area contributed by atoms with Crippen LogP contribution < -0.4 is 15.5 Å². The summed E-state index contributed by atoms with van der Waals surface area (Å²) in [6, 6.07) is 5.49. The minimum atomic E-state index is -0.771. The molecular weight excluding hydrogens is 502 g/mol. The fourth-order valence-electron chi connectivity index (χ4n) is 5.38. The maximum atomic E-state index is 13.7. The number of nitrogens with zero attached hydrogens (tertiary/aromatic N) is 3. The van der Waals surface area contributed by atoms with Gasteiger partial charge in [0.2, 0.25) is 5.91 Å². The normalized spacial score (nSPS) is 22.3. The maximum absolute atomic E-state index is 13.7. The Kier molecular flexibility index (Phi) is 9.45. The Morgan fingerprint density at radius 1 is 1.03 bits per heavy atom. The van der Waals surface area contributed by atoms with Gasteiger partial charge in [0.05, 0.1) is 25.8 Å². The molecule has 1 aromatic rings. The van der Waals surface area contributed by atoms with Gasteiger partial charge < -0.3 is 30.0 Å². The number of carbonyl (C=O) groups excluding carboxylic acids is 4. The Bertz CT molecular complexity index is 1040. The first-order valence-electron chi connectivity index (χ1n) is 13.9. The lowest BCUT2D eigenvalue weighted by Crippen LogP contribution is -2.53. The number of amides is 3. The van der Waals surface area contributed by atoms with Crippen LogP contribution in [0.4, 0.5) is 10.5 Å². The van der Waals surface area contributed by atoms with E-state index in [1.807, 2.05) is 39.8 Å². The molecule has 0 saturated carbocycles. The zero-order chi connectivity index (χ0) is 28.1. The first kappa shape index (κ1) is 28.8. The first-order valence-corrected chi connectivity index (χ1v) is 13.9. The van der Waals surface area contributed by atoms with Gasteiger partial charge in [-0.15, -0.1) is 5.06 Å². The van der Waals surface area contributed by atoms with Crippen LogP contribution in [0.15, 0.2) is 24.3 Å². The lowest BCUT2D eigenvalue weighted by atomic mass is 10.0. The Morgan fingerprint density at radius 3 is 2.36 bits per heavy atom. The number of fused-ring (bicyclic) bond motifs is 1. The van der Waals surface area contributed by atoms with Crippen molar-refractivity contribution in [2.75, 3.05) is 50.8 Å². The van der Waals surface area contributed by atoms with Crippen LogP contribution in [0.1, 0.15) is 50.9 Å². The molecular formula is C28H41N5O6. The number of benzene rings is 1. The summed E-state index contributed by atoms with van der Waals surface area (Å²) in [4.78, 5) is 61.2. The van der Waals surface area contributed by atoms with Gasteiger partial charge in [-0.1, -0.05) is 27.7 Å². The molecule has 3 heterocycles. The summed E-state index contributed by atoms with van der Waals surface area (Å²) in [6.45, 7) is 11.6. The largest absolute Gasteiger partial charge is 0.426 e. The predicted molar refractivity (Wildman–Crippen MR) is 145 cm³/mol. The molecule has 39 heavy (non-hydrogen) atoms. The molecule has 3 unspecified atom stereocenters. The monoisotopic (exact) mass is 543 g/mol. The molecule has 0 bridgehead atoms. The zero-order valence-corrected chi connectivity index (χ0v) is 23.4. The van der Waals surface area contributed by atoms with E-state index in [1.165, 1.54) is 5.06 Å². The number of rotatable bonds is 9. The van der Waals surface area contributed by atoms with Gasteiger partial charge in [0, 0.05) is 37.4 Å². The lowest BCUT2D eigenvalue weighted by molar-refractivity contribution is -0.138. The molecule has 0 aromatic heterocycles. The third-order valence-electron chi connectivity index (χ3n) is 7.33. The van der Waals surface area contributed by atoms with E-state index < -0.39 is 24.2 Å². The van der Waals surface area contributed by atoms with Crippen LogP contribution >= 0.6 is 0 Å². The second-order valence-electron chi connectivity index (χ2n) is 11.3. The highest BCUT2D eigenvalue weighted by atomic mass is 16.7. The van der Waals surface area contributed by atoms with Crippen LogP contribution in [-0.2, 0) is 19.2 Å². The van der Waals surface area contributed by atoms with Crippen LogP contribution in [-0.4, -0.2) is 97.7 Å². The number of morpholine rings is 1. The van der Waals surface area contributed by atoms with Crippen molar-refractivity contribution in [1.29, 1.82) is 0 Å². The molecule has 3 saturated heterocycles. The third-order valence-corrected chi connectivity index (χ3v) is 7.33. The fraction of sp³-hybridized carbons (Fsp3) is 0.643. The smallest absolute Gasteiger partial charge is 0.378 e. The molecule has 0 radical (unpaired) electrons. The minimum Gasteiger partial charge on any atom is -0.378 e. The van der Waals surface area contributed by atoms with E-state index in [0.717, 1.165) is 18.8 Å². The highest BCUT2D eigenvalue weighted by Gasteiger charge is 2.52. The summed E-state index contributed by atoms with van der Waals surface area (Å²) in [7, 11) is 0. The second-order valence-corrected chi connectivity index (χ2v) is 11.3. The minimum absolute atomic E-state index is 0.0646. The van der Waals surface area contributed by atoms with Gasteiger partial charge in [0.15, 0.2) is 5.78 Å². The van der Waals surface area contributed by atoms with Crippen molar-refractivity contribution in [2.24, 2.45) is 11.8 Å². The molecule has 3 aliphatic rings. The number of hydrogen-bond acceptors (Lipinski definition) is 8. The quantitative estimate of drug-likeness (QED) is 0.484. The first-order chi connectivity index (χ1) is 18.6. The average Bonchev–Trinajstić information content (AvgIpc) is 3.48. The summed E-state index contributed by atoms with van der Waals surface area (Å²) in [5, 5.41) is 7.00. The summed E-state index contributed by atoms with van der Waals surface area (Å²) in [5.74, 6) is -0.376. The van der Waals surface area contributed by atoms with Gasteiger partial charge in [-0.2, -0.15) is 0 Å². The van der Waals surface area contributed by atoms with Crippen molar-refractivity contribution in [3.63, 3.8) is 0 Å². The van der Waals surface area contributed by atoms with Crippen LogP contribution in [0.2, 0.25) is 0 Å². The van der Waals surface area contributed by atoms with Crippen LogP contribution in [0.5, 0.6) is 0 Å². The molecule has 3 amide bonds. The van der Waals surface area contributed by atoms with E-state index in [-0.39, 0.29) is 36.0 Å². The molecule has 11 heteroatoms. The van der Waals surface area contributed by atoms with E-state index >= 15 is 0 Å². The number of likely N-dealkylation sites (tertiary alicyclic amines) is 1. The Morgan fingerprint density at radius 2 is 1.72 bits per heavy atom. The van der Waals surface area contributed by atoms with Crippen molar-refractivity contribution >= 4 is 29.4 Å². The average molecular weight is 544 g/mol. The van der Waals surface area contributed by atoms with Crippen molar-refractivity contribution < 1.29 is 28.8 Å². The number of Topliss-reactive ketones (excluding diaryl/α,β-unsaturated/α-hetero) is 1. The molecule has 3 aliphatic heterocycles. The molecule has 1 aromatic carbocycles. The Labute approximate surface area is 230 Å². The van der Waals surface area contributed by atoms with Gasteiger partial charge in [-0.25, -0.2) is 4.79 Å². The van der Waals surface area contributed by atoms with Gasteiger partial charge >= 0.3 is 6.09 Å². The molecule has 0 spiro atoms. The topological polar surface area (TPSA) is 121 Å². The summed E-state index contributed by atoms with van der Waals surface area (Å²) >= 11 is 0. The van der Waals surface area contributed by atoms with Gasteiger partial charge in [-0.3, -0.25) is 14.4 Å². The molecule has 3 atom stereocenters. The highest BCUT2D eigenvalue weighted by molar-refractivity contribution is 5.99. The number of nitrogens with one attached hydrogen (secondary N) is 2. The third kappa shape index (κ3) is 7.07. The number of hydroxylamine groups is 2. The zero-order valence-electron chi connectivity index (χ0n) is 23.4. The summed E-state index contributed by atoms with van der Waals surface area (Å²) < 4.78 is 5.41. The van der Waals surface area contributed by atoms with Crippen molar-refractivity contribution in [3.8, 4) is 0 Å². The molecule has 11 nitrogen and oxygen atoms in total. The van der Waals surface area contributed by atoms with E-state index in [0.29, 0.717) is 44.7 Å². The molecule has 0 aliphatic carbocycles. The lowest BCUT2D eigenvalue weighted by Gasteiger charge is -2.29. The summed E-state index contributed by atoms with van der Waals surface area (Å²) in [5.41, 5.74) is 1.49. The van der Waals surface area contributed by atoms with E-state index in [1.54, 1.807) is 17.0 Å². The number of ether oxygens (including phenoxy) is 1. The number of ketones is 1. The Balaban J connectivity index is 1.40. The molecule has 4 rings (SSSR count). The molecule has 214 valence electrons. The fourth-order valence-corrected chi connectivity index (χ4v) is 5.38. The van der Waals surface area contributed by atoms with Crippen LogP contribution in [0.3, 0.4) is 0 Å².